The summed E-state index contributed by atoms with van der Waals surface area (Å²) >= 11 is 0. The van der Waals surface area contributed by atoms with Gasteiger partial charge in [0.2, 0.25) is 5.91 Å². The Morgan fingerprint density at radius 2 is 2.18 bits per heavy atom. The molecule has 1 saturated heterocycles. The summed E-state index contributed by atoms with van der Waals surface area (Å²) in [6.07, 6.45) is 1.05. The van der Waals surface area contributed by atoms with Crippen LogP contribution in [0, 0.1) is 11.8 Å². The first-order chi connectivity index (χ1) is 7.97. The highest BCUT2D eigenvalue weighted by atomic mass is 16.5. The summed E-state index contributed by atoms with van der Waals surface area (Å²) in [5.41, 5.74) is 0. The molecule has 3 unspecified atom stereocenters. The van der Waals surface area contributed by atoms with E-state index in [9.17, 15) is 9.59 Å². The molecule has 17 heavy (non-hydrogen) atoms. The van der Waals surface area contributed by atoms with Gasteiger partial charge < -0.3 is 15.2 Å². The average molecular weight is 243 g/mol. The number of amides is 1. The highest BCUT2D eigenvalue weighted by Gasteiger charge is 2.34. The number of ether oxygens (including phenoxy) is 1. The van der Waals surface area contributed by atoms with Gasteiger partial charge in [0, 0.05) is 6.61 Å². The highest BCUT2D eigenvalue weighted by molar-refractivity contribution is 5.86. The molecule has 0 saturated carbocycles. The normalized spacial score (nSPS) is 27.5. The second kappa shape index (κ2) is 6.00. The molecule has 0 aliphatic carbocycles. The number of nitrogens with one attached hydrogen (secondary N) is 1. The maximum absolute atomic E-state index is 11.9. The Labute approximate surface area is 102 Å². The Hall–Kier alpha value is -1.10. The molecule has 1 aliphatic heterocycles. The number of hydrogen-bond donors (Lipinski definition) is 2. The van der Waals surface area contributed by atoms with Crippen molar-refractivity contribution in [1.82, 2.24) is 5.32 Å². The summed E-state index contributed by atoms with van der Waals surface area (Å²) in [6.45, 7) is 6.23. The van der Waals surface area contributed by atoms with Crippen LogP contribution in [0.1, 0.15) is 33.6 Å². The molecule has 2 N–H and O–H groups in total. The van der Waals surface area contributed by atoms with Crippen LogP contribution in [0.4, 0.5) is 0 Å². The van der Waals surface area contributed by atoms with E-state index in [4.69, 9.17) is 9.84 Å². The van der Waals surface area contributed by atoms with Crippen LogP contribution in [0.5, 0.6) is 0 Å². The van der Waals surface area contributed by atoms with E-state index in [2.05, 4.69) is 5.32 Å². The fourth-order valence-electron chi connectivity index (χ4n) is 1.95. The predicted octanol–water partition coefficient (Wildman–Crippen LogP) is 1.03. The van der Waals surface area contributed by atoms with Crippen LogP contribution in [0.25, 0.3) is 0 Å². The lowest BCUT2D eigenvalue weighted by Crippen LogP contribution is -2.49. The average Bonchev–Trinajstić information content (AvgIpc) is 2.70. The minimum atomic E-state index is -0.988. The maximum atomic E-state index is 11.9. The van der Waals surface area contributed by atoms with E-state index in [0.717, 1.165) is 6.42 Å². The van der Waals surface area contributed by atoms with E-state index in [1.165, 1.54) is 0 Å². The zero-order chi connectivity index (χ0) is 13.0. The standard InChI is InChI=1S/C12H21NO4/c1-4-7(2)9(12(15)16)13-11(14)10-8(3)5-6-17-10/h7-10H,4-6H2,1-3H3,(H,13,14)(H,15,16)/t7?,8?,9-,10?/m0/s1. The maximum Gasteiger partial charge on any atom is 0.326 e. The molecule has 1 heterocycles. The molecule has 0 aromatic rings. The highest BCUT2D eigenvalue weighted by Crippen LogP contribution is 2.20. The van der Waals surface area contributed by atoms with E-state index >= 15 is 0 Å². The lowest BCUT2D eigenvalue weighted by atomic mass is 9.98. The lowest BCUT2D eigenvalue weighted by molar-refractivity contribution is -0.145. The predicted molar refractivity (Wildman–Crippen MR) is 62.5 cm³/mol. The first-order valence-corrected chi connectivity index (χ1v) is 6.12. The minimum absolute atomic E-state index is 0.0897. The van der Waals surface area contributed by atoms with Crippen LogP contribution in [0.2, 0.25) is 0 Å². The third-order valence-electron chi connectivity index (χ3n) is 3.42. The first-order valence-electron chi connectivity index (χ1n) is 6.12. The van der Waals surface area contributed by atoms with Crippen molar-refractivity contribution in [3.63, 3.8) is 0 Å². The largest absolute Gasteiger partial charge is 0.480 e. The van der Waals surface area contributed by atoms with Gasteiger partial charge in [-0.1, -0.05) is 27.2 Å². The number of rotatable bonds is 5. The van der Waals surface area contributed by atoms with Crippen molar-refractivity contribution < 1.29 is 19.4 Å². The Bertz CT molecular complexity index is 292. The molecule has 1 fully saturated rings. The summed E-state index contributed by atoms with van der Waals surface area (Å²) in [5.74, 6) is -1.23. The van der Waals surface area contributed by atoms with Gasteiger partial charge in [-0.2, -0.15) is 0 Å². The van der Waals surface area contributed by atoms with Gasteiger partial charge in [-0.05, 0) is 18.3 Å². The smallest absolute Gasteiger partial charge is 0.326 e. The minimum Gasteiger partial charge on any atom is -0.480 e. The molecule has 0 radical (unpaired) electrons. The van der Waals surface area contributed by atoms with E-state index in [1.54, 1.807) is 0 Å². The molecular weight excluding hydrogens is 222 g/mol. The number of aliphatic carboxylic acids is 1. The summed E-state index contributed by atoms with van der Waals surface area (Å²) in [5, 5.41) is 11.7. The van der Waals surface area contributed by atoms with Crippen LogP contribution in [-0.2, 0) is 14.3 Å². The Kier molecular flexibility index (Phi) is 4.93. The second-order valence-electron chi connectivity index (χ2n) is 4.77. The molecule has 4 atom stereocenters. The fraction of sp³-hybridized carbons (Fsp3) is 0.833. The van der Waals surface area contributed by atoms with Gasteiger partial charge in [0.1, 0.15) is 12.1 Å². The number of carboxylic acids is 1. The monoisotopic (exact) mass is 243 g/mol. The van der Waals surface area contributed by atoms with Gasteiger partial charge in [-0.15, -0.1) is 0 Å². The van der Waals surface area contributed by atoms with Crippen molar-refractivity contribution >= 4 is 11.9 Å². The van der Waals surface area contributed by atoms with Crippen molar-refractivity contribution in [3.05, 3.63) is 0 Å². The second-order valence-corrected chi connectivity index (χ2v) is 4.77. The van der Waals surface area contributed by atoms with Gasteiger partial charge in [-0.3, -0.25) is 4.79 Å². The van der Waals surface area contributed by atoms with Crippen LogP contribution in [-0.4, -0.2) is 35.7 Å². The van der Waals surface area contributed by atoms with Crippen LogP contribution in [0.15, 0.2) is 0 Å². The zero-order valence-corrected chi connectivity index (χ0v) is 10.6. The molecule has 0 aromatic carbocycles. The van der Waals surface area contributed by atoms with Gasteiger partial charge in [-0.25, -0.2) is 4.79 Å². The zero-order valence-electron chi connectivity index (χ0n) is 10.6. The van der Waals surface area contributed by atoms with Crippen molar-refractivity contribution in [2.75, 3.05) is 6.61 Å². The number of hydrogen-bond acceptors (Lipinski definition) is 3. The quantitative estimate of drug-likeness (QED) is 0.756. The summed E-state index contributed by atoms with van der Waals surface area (Å²) in [4.78, 5) is 23.0. The summed E-state index contributed by atoms with van der Waals surface area (Å²) in [7, 11) is 0. The molecule has 0 spiro atoms. The fourth-order valence-corrected chi connectivity index (χ4v) is 1.95. The molecule has 1 aliphatic rings. The van der Waals surface area contributed by atoms with Gasteiger partial charge in [0.05, 0.1) is 0 Å². The van der Waals surface area contributed by atoms with Crippen molar-refractivity contribution in [2.24, 2.45) is 11.8 Å². The van der Waals surface area contributed by atoms with Gasteiger partial charge in [0.25, 0.3) is 0 Å². The SMILES string of the molecule is CCC(C)[C@H](NC(=O)C1OCCC1C)C(=O)O. The lowest BCUT2D eigenvalue weighted by Gasteiger charge is -2.23. The Morgan fingerprint density at radius 1 is 1.53 bits per heavy atom. The molecule has 0 bridgehead atoms. The van der Waals surface area contributed by atoms with E-state index in [1.807, 2.05) is 20.8 Å². The van der Waals surface area contributed by atoms with Crippen molar-refractivity contribution in [3.8, 4) is 0 Å². The van der Waals surface area contributed by atoms with Crippen LogP contribution >= 0.6 is 0 Å². The summed E-state index contributed by atoms with van der Waals surface area (Å²) < 4.78 is 5.32. The van der Waals surface area contributed by atoms with Crippen molar-refractivity contribution in [2.45, 2.75) is 45.8 Å². The van der Waals surface area contributed by atoms with E-state index in [0.29, 0.717) is 13.0 Å². The van der Waals surface area contributed by atoms with Crippen molar-refractivity contribution in [1.29, 1.82) is 0 Å². The third kappa shape index (κ3) is 3.43. The van der Waals surface area contributed by atoms with Gasteiger partial charge in [0.15, 0.2) is 0 Å². The number of carbonyl (C=O) groups is 2. The number of carbonyl (C=O) groups excluding carboxylic acids is 1. The number of carboxylic acid groups (broad SMARTS) is 1. The topological polar surface area (TPSA) is 75.6 Å². The molecule has 0 aromatic heterocycles. The Morgan fingerprint density at radius 3 is 2.59 bits per heavy atom. The third-order valence-corrected chi connectivity index (χ3v) is 3.42. The molecular formula is C12H21NO4. The first kappa shape index (κ1) is 14.0. The molecule has 5 nitrogen and oxygen atoms in total. The molecule has 1 rings (SSSR count). The Balaban J connectivity index is 2.61. The van der Waals surface area contributed by atoms with E-state index < -0.39 is 18.1 Å². The molecule has 5 heteroatoms. The summed E-state index contributed by atoms with van der Waals surface area (Å²) in [6, 6.07) is -0.830. The van der Waals surface area contributed by atoms with Crippen LogP contribution in [0.3, 0.4) is 0 Å². The van der Waals surface area contributed by atoms with E-state index in [-0.39, 0.29) is 17.7 Å². The van der Waals surface area contributed by atoms with Gasteiger partial charge >= 0.3 is 5.97 Å². The molecule has 98 valence electrons. The van der Waals surface area contributed by atoms with Crippen LogP contribution < -0.4 is 5.32 Å². The molecule has 1 amide bonds.